The molecule has 0 amide bonds. The van der Waals surface area contributed by atoms with Crippen LogP contribution in [0.25, 0.3) is 11.7 Å². The highest BCUT2D eigenvalue weighted by Crippen LogP contribution is 2.31. The van der Waals surface area contributed by atoms with Crippen LogP contribution in [0.5, 0.6) is 5.75 Å². The van der Waals surface area contributed by atoms with E-state index >= 15 is 0 Å². The van der Waals surface area contributed by atoms with Crippen LogP contribution in [-0.2, 0) is 4.84 Å². The van der Waals surface area contributed by atoms with E-state index in [1.807, 2.05) is 60.1 Å². The van der Waals surface area contributed by atoms with Crippen molar-refractivity contribution >= 4 is 17.5 Å². The van der Waals surface area contributed by atoms with Crippen LogP contribution in [0, 0.1) is 6.92 Å². The van der Waals surface area contributed by atoms with E-state index in [0.29, 0.717) is 30.3 Å². The predicted octanol–water partition coefficient (Wildman–Crippen LogP) is 2.24. The Hall–Kier alpha value is -3.38. The van der Waals surface area contributed by atoms with Gasteiger partial charge in [0.2, 0.25) is 5.78 Å². The summed E-state index contributed by atoms with van der Waals surface area (Å²) < 4.78 is 7.42. The largest absolute Gasteiger partial charge is 0.494 e. The Labute approximate surface area is 162 Å². The lowest BCUT2D eigenvalue weighted by molar-refractivity contribution is -0.0901. The molecule has 6 nitrogen and oxygen atoms in total. The van der Waals surface area contributed by atoms with Gasteiger partial charge in [-0.05, 0) is 37.3 Å². The highest BCUT2D eigenvalue weighted by atomic mass is 16.7. The normalized spacial score (nSPS) is 12.9. The minimum Gasteiger partial charge on any atom is -0.494 e. The van der Waals surface area contributed by atoms with Crippen LogP contribution in [0.2, 0.25) is 0 Å². The molecular weight excluding hydrogens is 354 g/mol. The van der Waals surface area contributed by atoms with Crippen molar-refractivity contribution < 1.29 is 14.4 Å². The molecule has 3 heterocycles. The third-order valence-corrected chi connectivity index (χ3v) is 4.76. The number of nitrogens with zero attached hydrogens (tertiary/aromatic N) is 3. The van der Waals surface area contributed by atoms with Crippen molar-refractivity contribution in [3.8, 4) is 5.75 Å². The SMILES string of the molecule is C=CCON1C=c2cc(C(=O)c3c(C)c(OC)c4ccccn34)ccc2=NC1. The standard InChI is InChI=1S/C22H21N3O3/c1-4-11-28-24-13-17-12-16(8-9-18(17)23-14-24)21(26)20-15(2)22(27-3)19-7-5-6-10-25(19)20/h4-10,12-13H,1,11,14H2,2-3H3. The van der Waals surface area contributed by atoms with E-state index in [1.54, 1.807) is 18.2 Å². The Morgan fingerprint density at radius 3 is 2.96 bits per heavy atom. The highest BCUT2D eigenvalue weighted by molar-refractivity contribution is 6.10. The van der Waals surface area contributed by atoms with Crippen LogP contribution < -0.4 is 15.3 Å². The minimum absolute atomic E-state index is 0.0673. The Balaban J connectivity index is 1.80. The van der Waals surface area contributed by atoms with Gasteiger partial charge in [0.15, 0.2) is 0 Å². The molecule has 142 valence electrons. The first-order valence-corrected chi connectivity index (χ1v) is 8.99. The summed E-state index contributed by atoms with van der Waals surface area (Å²) in [5.41, 5.74) is 2.88. The number of fused-ring (bicyclic) bond motifs is 2. The molecule has 1 aliphatic heterocycles. The molecule has 1 aromatic carbocycles. The van der Waals surface area contributed by atoms with E-state index in [0.717, 1.165) is 21.7 Å². The molecular formula is C22H21N3O3. The lowest BCUT2D eigenvalue weighted by atomic mass is 10.0. The van der Waals surface area contributed by atoms with Crippen LogP contribution >= 0.6 is 0 Å². The number of hydroxylamine groups is 2. The maximum Gasteiger partial charge on any atom is 0.210 e. The fourth-order valence-corrected chi connectivity index (χ4v) is 3.49. The van der Waals surface area contributed by atoms with Gasteiger partial charge < -0.3 is 9.14 Å². The summed E-state index contributed by atoms with van der Waals surface area (Å²) >= 11 is 0. The minimum atomic E-state index is -0.0673. The number of methoxy groups -OCH3 is 1. The van der Waals surface area contributed by atoms with Crippen LogP contribution in [0.15, 0.2) is 60.2 Å². The molecule has 0 spiro atoms. The van der Waals surface area contributed by atoms with Crippen molar-refractivity contribution in [3.05, 3.63) is 82.6 Å². The van der Waals surface area contributed by atoms with Crippen molar-refractivity contribution in [2.75, 3.05) is 20.4 Å². The third-order valence-electron chi connectivity index (χ3n) is 4.76. The number of benzene rings is 1. The van der Waals surface area contributed by atoms with Gasteiger partial charge in [-0.2, -0.15) is 0 Å². The molecule has 0 unspecified atom stereocenters. The quantitative estimate of drug-likeness (QED) is 0.490. The van der Waals surface area contributed by atoms with Gasteiger partial charge in [-0.25, -0.2) is 5.06 Å². The molecule has 0 radical (unpaired) electrons. The summed E-state index contributed by atoms with van der Waals surface area (Å²) in [5.74, 6) is 0.648. The first-order valence-electron chi connectivity index (χ1n) is 8.99. The van der Waals surface area contributed by atoms with E-state index in [9.17, 15) is 4.79 Å². The predicted molar refractivity (Wildman–Crippen MR) is 107 cm³/mol. The molecule has 0 saturated heterocycles. The molecule has 3 aromatic rings. The zero-order valence-electron chi connectivity index (χ0n) is 15.9. The van der Waals surface area contributed by atoms with Crippen LogP contribution in [0.4, 0.5) is 0 Å². The fraction of sp³-hybridized carbons (Fsp3) is 0.182. The summed E-state index contributed by atoms with van der Waals surface area (Å²) in [6, 6.07) is 11.3. The number of aromatic nitrogens is 1. The molecule has 0 saturated carbocycles. The Morgan fingerprint density at radius 1 is 1.32 bits per heavy atom. The van der Waals surface area contributed by atoms with Gasteiger partial charge in [0.05, 0.1) is 24.6 Å². The molecule has 0 N–H and O–H groups in total. The second-order valence-electron chi connectivity index (χ2n) is 6.50. The van der Waals surface area contributed by atoms with Crippen LogP contribution in [-0.4, -0.2) is 35.6 Å². The van der Waals surface area contributed by atoms with Gasteiger partial charge in [-0.15, -0.1) is 6.58 Å². The van der Waals surface area contributed by atoms with Crippen molar-refractivity contribution in [1.82, 2.24) is 9.46 Å². The Kier molecular flexibility index (Phi) is 4.71. The molecule has 2 aromatic heterocycles. The zero-order chi connectivity index (χ0) is 19.7. The number of hydrogen-bond acceptors (Lipinski definition) is 5. The van der Waals surface area contributed by atoms with Crippen molar-refractivity contribution in [2.45, 2.75) is 6.92 Å². The van der Waals surface area contributed by atoms with E-state index in [2.05, 4.69) is 11.6 Å². The molecule has 0 bridgehead atoms. The summed E-state index contributed by atoms with van der Waals surface area (Å²) in [5, 5.41) is 3.31. The van der Waals surface area contributed by atoms with Gasteiger partial charge >= 0.3 is 0 Å². The van der Waals surface area contributed by atoms with Gasteiger partial charge in [0.1, 0.15) is 18.1 Å². The zero-order valence-corrected chi connectivity index (χ0v) is 15.9. The number of hydrogen-bond donors (Lipinski definition) is 0. The second-order valence-corrected chi connectivity index (χ2v) is 6.50. The average molecular weight is 375 g/mol. The highest BCUT2D eigenvalue weighted by Gasteiger charge is 2.22. The molecule has 4 rings (SSSR count). The number of carbonyl (C=O) groups excluding carboxylic acids is 1. The number of pyridine rings is 1. The maximum absolute atomic E-state index is 13.4. The summed E-state index contributed by atoms with van der Waals surface area (Å²) in [7, 11) is 1.62. The average Bonchev–Trinajstić information content (AvgIpc) is 3.02. The summed E-state index contributed by atoms with van der Waals surface area (Å²) in [6.45, 7) is 6.36. The smallest absolute Gasteiger partial charge is 0.210 e. The Morgan fingerprint density at radius 2 is 2.18 bits per heavy atom. The lowest BCUT2D eigenvalue weighted by Gasteiger charge is -2.19. The third kappa shape index (κ3) is 2.97. The van der Waals surface area contributed by atoms with E-state index in [-0.39, 0.29) is 5.78 Å². The van der Waals surface area contributed by atoms with Gasteiger partial charge in [0, 0.05) is 28.7 Å². The van der Waals surface area contributed by atoms with Crippen molar-refractivity contribution in [1.29, 1.82) is 0 Å². The van der Waals surface area contributed by atoms with Gasteiger partial charge in [-0.3, -0.25) is 14.6 Å². The molecule has 28 heavy (non-hydrogen) atoms. The van der Waals surface area contributed by atoms with E-state index < -0.39 is 0 Å². The van der Waals surface area contributed by atoms with Crippen LogP contribution in [0.1, 0.15) is 21.6 Å². The first kappa shape index (κ1) is 18.0. The summed E-state index contributed by atoms with van der Waals surface area (Å²) in [6.07, 6.45) is 5.41. The number of ketones is 1. The lowest BCUT2D eigenvalue weighted by Crippen LogP contribution is -2.36. The Bertz CT molecular complexity index is 1190. The van der Waals surface area contributed by atoms with Gasteiger partial charge in [-0.1, -0.05) is 12.1 Å². The van der Waals surface area contributed by atoms with E-state index in [1.165, 1.54) is 0 Å². The van der Waals surface area contributed by atoms with Crippen LogP contribution in [0.3, 0.4) is 0 Å². The van der Waals surface area contributed by atoms with Crippen molar-refractivity contribution in [2.24, 2.45) is 4.99 Å². The number of rotatable bonds is 6. The molecule has 0 atom stereocenters. The number of ether oxygens (including phenoxy) is 1. The molecule has 1 aliphatic rings. The summed E-state index contributed by atoms with van der Waals surface area (Å²) in [4.78, 5) is 23.4. The monoisotopic (exact) mass is 375 g/mol. The topological polar surface area (TPSA) is 55.5 Å². The molecule has 0 aliphatic carbocycles. The fourth-order valence-electron chi connectivity index (χ4n) is 3.49. The maximum atomic E-state index is 13.4. The van der Waals surface area contributed by atoms with Crippen molar-refractivity contribution in [3.63, 3.8) is 0 Å². The van der Waals surface area contributed by atoms with Gasteiger partial charge in [0.25, 0.3) is 0 Å². The molecule has 0 fully saturated rings. The van der Waals surface area contributed by atoms with E-state index in [4.69, 9.17) is 9.57 Å². The second kappa shape index (κ2) is 7.32. The molecule has 6 heteroatoms. The number of carbonyl (C=O) groups is 1. The first-order chi connectivity index (χ1) is 13.6.